The van der Waals surface area contributed by atoms with E-state index in [1.165, 1.54) is 0 Å². The van der Waals surface area contributed by atoms with Gasteiger partial charge in [-0.25, -0.2) is 0 Å². The van der Waals surface area contributed by atoms with Crippen molar-refractivity contribution in [3.63, 3.8) is 0 Å². The first-order valence-electron chi connectivity index (χ1n) is 7.43. The number of nitrogens with zero attached hydrogens (tertiary/aromatic N) is 1. The van der Waals surface area contributed by atoms with Gasteiger partial charge in [0.1, 0.15) is 12.1 Å². The van der Waals surface area contributed by atoms with Crippen molar-refractivity contribution in [1.82, 2.24) is 10.2 Å². The molecule has 1 aliphatic rings. The summed E-state index contributed by atoms with van der Waals surface area (Å²) in [5, 5.41) is 2.85. The normalized spacial score (nSPS) is 23.1. The zero-order valence-corrected chi connectivity index (χ0v) is 13.2. The summed E-state index contributed by atoms with van der Waals surface area (Å²) in [6.45, 7) is 8.60. The highest BCUT2D eigenvalue weighted by Crippen LogP contribution is 2.21. The predicted molar refractivity (Wildman–Crippen MR) is 82.7 cm³/mol. The minimum atomic E-state index is -0.460. The highest BCUT2D eigenvalue weighted by Gasteiger charge is 2.39. The van der Waals surface area contributed by atoms with Gasteiger partial charge < -0.3 is 10.2 Å². The van der Waals surface area contributed by atoms with E-state index < -0.39 is 12.1 Å². The molecular weight excluding hydrogens is 264 g/mol. The second kappa shape index (κ2) is 5.88. The predicted octanol–water partition coefficient (Wildman–Crippen LogP) is 1.99. The summed E-state index contributed by atoms with van der Waals surface area (Å²) in [5.41, 5.74) is 1.03. The number of hydrogen-bond acceptors (Lipinski definition) is 2. The van der Waals surface area contributed by atoms with Gasteiger partial charge in [-0.05, 0) is 17.9 Å². The van der Waals surface area contributed by atoms with Crippen LogP contribution < -0.4 is 5.32 Å². The first kappa shape index (κ1) is 15.5. The highest BCUT2D eigenvalue weighted by molar-refractivity contribution is 5.96. The fourth-order valence-electron chi connectivity index (χ4n) is 2.60. The van der Waals surface area contributed by atoms with Gasteiger partial charge in [-0.2, -0.15) is 0 Å². The summed E-state index contributed by atoms with van der Waals surface area (Å²) in [5.74, 6) is -0.0549. The molecule has 114 valence electrons. The van der Waals surface area contributed by atoms with Gasteiger partial charge in [-0.1, -0.05) is 51.1 Å². The molecular formula is C17H24N2O2. The van der Waals surface area contributed by atoms with Crippen molar-refractivity contribution >= 4 is 11.8 Å². The fourth-order valence-corrected chi connectivity index (χ4v) is 2.60. The van der Waals surface area contributed by atoms with E-state index in [1.807, 2.05) is 30.3 Å². The van der Waals surface area contributed by atoms with Crippen LogP contribution in [-0.2, 0) is 16.0 Å². The SMILES string of the molecule is CC1C(=O)NC(Cc2ccccc2)C(=O)N1CC(C)(C)C. The minimum absolute atomic E-state index is 0.0147. The molecule has 4 nitrogen and oxygen atoms in total. The largest absolute Gasteiger partial charge is 0.342 e. The number of nitrogens with one attached hydrogen (secondary N) is 1. The molecule has 2 unspecified atom stereocenters. The van der Waals surface area contributed by atoms with E-state index in [0.717, 1.165) is 5.56 Å². The van der Waals surface area contributed by atoms with E-state index in [-0.39, 0.29) is 17.2 Å². The molecule has 0 radical (unpaired) electrons. The van der Waals surface area contributed by atoms with Crippen LogP contribution in [0.4, 0.5) is 0 Å². The molecule has 1 saturated heterocycles. The van der Waals surface area contributed by atoms with E-state index in [4.69, 9.17) is 0 Å². The van der Waals surface area contributed by atoms with Crippen LogP contribution >= 0.6 is 0 Å². The van der Waals surface area contributed by atoms with Gasteiger partial charge in [-0.15, -0.1) is 0 Å². The lowest BCUT2D eigenvalue weighted by Crippen LogP contribution is -2.64. The lowest BCUT2D eigenvalue weighted by atomic mass is 9.93. The Morgan fingerprint density at radius 3 is 2.33 bits per heavy atom. The summed E-state index contributed by atoms with van der Waals surface area (Å²) in [7, 11) is 0. The van der Waals surface area contributed by atoms with Crippen LogP contribution in [0, 0.1) is 5.41 Å². The summed E-state index contributed by atoms with van der Waals surface area (Å²) < 4.78 is 0. The van der Waals surface area contributed by atoms with Crippen molar-refractivity contribution in [2.45, 2.75) is 46.2 Å². The summed E-state index contributed by atoms with van der Waals surface area (Å²) >= 11 is 0. The van der Waals surface area contributed by atoms with Crippen molar-refractivity contribution in [2.75, 3.05) is 6.54 Å². The number of carbonyl (C=O) groups excluding carboxylic acids is 2. The van der Waals surface area contributed by atoms with E-state index >= 15 is 0 Å². The van der Waals surface area contributed by atoms with Gasteiger partial charge in [0.25, 0.3) is 0 Å². The molecule has 1 aromatic rings. The molecule has 1 heterocycles. The molecule has 0 aromatic heterocycles. The Hall–Kier alpha value is -1.84. The molecule has 1 aliphatic heterocycles. The minimum Gasteiger partial charge on any atom is -0.342 e. The van der Waals surface area contributed by atoms with Gasteiger partial charge in [-0.3, -0.25) is 9.59 Å². The third-order valence-electron chi connectivity index (χ3n) is 3.67. The maximum absolute atomic E-state index is 12.7. The van der Waals surface area contributed by atoms with E-state index in [0.29, 0.717) is 13.0 Å². The number of rotatable bonds is 3. The maximum Gasteiger partial charge on any atom is 0.246 e. The van der Waals surface area contributed by atoms with Crippen LogP contribution in [0.25, 0.3) is 0 Å². The van der Waals surface area contributed by atoms with Crippen molar-refractivity contribution < 1.29 is 9.59 Å². The number of amides is 2. The second-order valence-corrected chi connectivity index (χ2v) is 6.95. The number of piperazine rings is 1. The monoisotopic (exact) mass is 288 g/mol. The summed E-state index contributed by atoms with van der Waals surface area (Å²) in [6.07, 6.45) is 0.540. The summed E-state index contributed by atoms with van der Waals surface area (Å²) in [4.78, 5) is 26.5. The van der Waals surface area contributed by atoms with Gasteiger partial charge in [0.05, 0.1) is 0 Å². The van der Waals surface area contributed by atoms with Crippen molar-refractivity contribution in [1.29, 1.82) is 0 Å². The zero-order valence-electron chi connectivity index (χ0n) is 13.2. The molecule has 0 saturated carbocycles. The van der Waals surface area contributed by atoms with Crippen LogP contribution in [0.3, 0.4) is 0 Å². The van der Waals surface area contributed by atoms with Crippen LogP contribution in [0.5, 0.6) is 0 Å². The molecule has 2 atom stereocenters. The summed E-state index contributed by atoms with van der Waals surface area (Å²) in [6, 6.07) is 8.93. The Morgan fingerprint density at radius 2 is 1.76 bits per heavy atom. The highest BCUT2D eigenvalue weighted by atomic mass is 16.2. The Balaban J connectivity index is 2.16. The van der Waals surface area contributed by atoms with E-state index in [9.17, 15) is 9.59 Å². The van der Waals surface area contributed by atoms with Crippen LogP contribution in [0.1, 0.15) is 33.3 Å². The third kappa shape index (κ3) is 3.84. The van der Waals surface area contributed by atoms with Crippen LogP contribution in [0.2, 0.25) is 0 Å². The van der Waals surface area contributed by atoms with E-state index in [2.05, 4.69) is 26.1 Å². The molecule has 2 rings (SSSR count). The van der Waals surface area contributed by atoms with Gasteiger partial charge in [0.15, 0.2) is 0 Å². The number of carbonyl (C=O) groups is 2. The van der Waals surface area contributed by atoms with Crippen molar-refractivity contribution in [3.8, 4) is 0 Å². The molecule has 4 heteroatoms. The second-order valence-electron chi connectivity index (χ2n) is 6.95. The Kier molecular flexibility index (Phi) is 4.35. The first-order chi connectivity index (χ1) is 9.78. The van der Waals surface area contributed by atoms with Crippen LogP contribution in [-0.4, -0.2) is 35.3 Å². The van der Waals surface area contributed by atoms with Gasteiger partial charge in [0, 0.05) is 13.0 Å². The number of benzene rings is 1. The Morgan fingerprint density at radius 1 is 1.14 bits per heavy atom. The number of hydrogen-bond donors (Lipinski definition) is 1. The fraction of sp³-hybridized carbons (Fsp3) is 0.529. The average Bonchev–Trinajstić information content (AvgIpc) is 2.41. The molecule has 1 fully saturated rings. The molecule has 0 spiro atoms. The lowest BCUT2D eigenvalue weighted by molar-refractivity contribution is -0.150. The average molecular weight is 288 g/mol. The topological polar surface area (TPSA) is 49.4 Å². The van der Waals surface area contributed by atoms with Gasteiger partial charge in [0.2, 0.25) is 11.8 Å². The van der Waals surface area contributed by atoms with E-state index in [1.54, 1.807) is 11.8 Å². The lowest BCUT2D eigenvalue weighted by Gasteiger charge is -2.40. The smallest absolute Gasteiger partial charge is 0.246 e. The van der Waals surface area contributed by atoms with Crippen molar-refractivity contribution in [2.24, 2.45) is 5.41 Å². The molecule has 21 heavy (non-hydrogen) atoms. The third-order valence-corrected chi connectivity index (χ3v) is 3.67. The quantitative estimate of drug-likeness (QED) is 0.924. The van der Waals surface area contributed by atoms with Gasteiger partial charge >= 0.3 is 0 Å². The Labute approximate surface area is 126 Å². The van der Waals surface area contributed by atoms with Crippen molar-refractivity contribution in [3.05, 3.63) is 35.9 Å². The zero-order chi connectivity index (χ0) is 15.6. The molecule has 0 bridgehead atoms. The Bertz CT molecular complexity index is 519. The first-order valence-corrected chi connectivity index (χ1v) is 7.43. The maximum atomic E-state index is 12.7. The molecule has 1 N–H and O–H groups in total. The molecule has 2 amide bonds. The van der Waals surface area contributed by atoms with Crippen LogP contribution in [0.15, 0.2) is 30.3 Å². The molecule has 0 aliphatic carbocycles. The standard InChI is InChI=1S/C17H24N2O2/c1-12-15(20)18-14(10-13-8-6-5-7-9-13)16(21)19(12)11-17(2,3)4/h5-9,12,14H,10-11H2,1-4H3,(H,18,20). The molecule has 1 aromatic carbocycles.